The number of nitrogens with one attached hydrogen (secondary N) is 1. The lowest BCUT2D eigenvalue weighted by molar-refractivity contribution is 0.0628. The highest BCUT2D eigenvalue weighted by Crippen LogP contribution is 2.16. The molecule has 1 aromatic heterocycles. The van der Waals surface area contributed by atoms with Crippen LogP contribution in [0.2, 0.25) is 0 Å². The molecule has 1 aromatic carbocycles. The van der Waals surface area contributed by atoms with E-state index in [1.807, 2.05) is 4.90 Å². The first-order valence-corrected chi connectivity index (χ1v) is 8.22. The van der Waals surface area contributed by atoms with E-state index in [1.54, 1.807) is 12.4 Å². The van der Waals surface area contributed by atoms with E-state index in [0.717, 1.165) is 32.7 Å². The molecular weight excluding hydrogens is 288 g/mol. The minimum absolute atomic E-state index is 0.0692. The van der Waals surface area contributed by atoms with Gasteiger partial charge in [0.05, 0.1) is 11.8 Å². The molecule has 2 aromatic rings. The Balaban J connectivity index is 1.52. The molecule has 0 atom stereocenters. The Labute approximate surface area is 137 Å². The SMILES string of the molecule is CC(C)c1ccc(CN2CCN(C(=O)c3cn[nH]c3)CC2)cc1. The molecular formula is C18H24N4O. The average Bonchev–Trinajstić information content (AvgIpc) is 3.10. The molecule has 0 radical (unpaired) electrons. The number of aromatic amines is 1. The standard InChI is InChI=1S/C18H24N4O/c1-14(2)16-5-3-15(4-6-16)13-21-7-9-22(10-8-21)18(23)17-11-19-20-12-17/h3-6,11-12,14H,7-10,13H2,1-2H3,(H,19,20). The quantitative estimate of drug-likeness (QED) is 0.943. The average molecular weight is 312 g/mol. The van der Waals surface area contributed by atoms with Gasteiger partial charge in [0.15, 0.2) is 0 Å². The first-order valence-electron chi connectivity index (χ1n) is 8.22. The van der Waals surface area contributed by atoms with Crippen LogP contribution in [0.3, 0.4) is 0 Å². The minimum Gasteiger partial charge on any atom is -0.336 e. The smallest absolute Gasteiger partial charge is 0.257 e. The molecule has 0 spiro atoms. The van der Waals surface area contributed by atoms with E-state index in [0.29, 0.717) is 11.5 Å². The second kappa shape index (κ2) is 6.96. The molecule has 3 rings (SSSR count). The number of hydrogen-bond donors (Lipinski definition) is 1. The van der Waals surface area contributed by atoms with Crippen LogP contribution in [-0.4, -0.2) is 52.1 Å². The summed E-state index contributed by atoms with van der Waals surface area (Å²) >= 11 is 0. The van der Waals surface area contributed by atoms with Crippen LogP contribution < -0.4 is 0 Å². The van der Waals surface area contributed by atoms with Gasteiger partial charge in [0.1, 0.15) is 0 Å². The molecule has 1 aliphatic heterocycles. The second-order valence-corrected chi connectivity index (χ2v) is 6.45. The van der Waals surface area contributed by atoms with Gasteiger partial charge in [0, 0.05) is 38.9 Å². The molecule has 0 aliphatic carbocycles. The van der Waals surface area contributed by atoms with Gasteiger partial charge < -0.3 is 4.90 Å². The first-order chi connectivity index (χ1) is 11.1. The lowest BCUT2D eigenvalue weighted by atomic mass is 10.0. The van der Waals surface area contributed by atoms with Crippen molar-refractivity contribution in [2.45, 2.75) is 26.3 Å². The number of carbonyl (C=O) groups is 1. The lowest BCUT2D eigenvalue weighted by Gasteiger charge is -2.34. The molecule has 5 nitrogen and oxygen atoms in total. The molecule has 0 unspecified atom stereocenters. The fourth-order valence-electron chi connectivity index (χ4n) is 2.93. The third kappa shape index (κ3) is 3.79. The maximum Gasteiger partial charge on any atom is 0.257 e. The van der Waals surface area contributed by atoms with E-state index in [4.69, 9.17) is 0 Å². The number of piperazine rings is 1. The zero-order valence-corrected chi connectivity index (χ0v) is 13.8. The molecule has 1 amide bonds. The second-order valence-electron chi connectivity index (χ2n) is 6.45. The van der Waals surface area contributed by atoms with Gasteiger partial charge >= 0.3 is 0 Å². The first kappa shape index (κ1) is 15.7. The van der Waals surface area contributed by atoms with E-state index in [9.17, 15) is 4.79 Å². The topological polar surface area (TPSA) is 52.2 Å². The minimum atomic E-state index is 0.0692. The summed E-state index contributed by atoms with van der Waals surface area (Å²) in [6.07, 6.45) is 3.25. The van der Waals surface area contributed by atoms with Crippen LogP contribution in [0.5, 0.6) is 0 Å². The molecule has 2 heterocycles. The number of nitrogens with zero attached hydrogens (tertiary/aromatic N) is 3. The molecule has 1 saturated heterocycles. The van der Waals surface area contributed by atoms with Crippen LogP contribution in [-0.2, 0) is 6.54 Å². The number of amides is 1. The maximum atomic E-state index is 12.3. The van der Waals surface area contributed by atoms with Crippen molar-refractivity contribution in [1.29, 1.82) is 0 Å². The van der Waals surface area contributed by atoms with E-state index < -0.39 is 0 Å². The summed E-state index contributed by atoms with van der Waals surface area (Å²) in [7, 11) is 0. The molecule has 0 saturated carbocycles. The molecule has 0 bridgehead atoms. The van der Waals surface area contributed by atoms with E-state index in [-0.39, 0.29) is 5.91 Å². The summed E-state index contributed by atoms with van der Waals surface area (Å²) < 4.78 is 0. The predicted molar refractivity (Wildman–Crippen MR) is 90.3 cm³/mol. The highest BCUT2D eigenvalue weighted by molar-refractivity contribution is 5.93. The van der Waals surface area contributed by atoms with Crippen molar-refractivity contribution in [1.82, 2.24) is 20.0 Å². The Morgan fingerprint density at radius 1 is 1.17 bits per heavy atom. The number of rotatable bonds is 4. The van der Waals surface area contributed by atoms with Crippen molar-refractivity contribution in [3.05, 3.63) is 53.3 Å². The lowest BCUT2D eigenvalue weighted by Crippen LogP contribution is -2.48. The number of benzene rings is 1. The van der Waals surface area contributed by atoms with Crippen LogP contribution in [0.1, 0.15) is 41.3 Å². The molecule has 23 heavy (non-hydrogen) atoms. The summed E-state index contributed by atoms with van der Waals surface area (Å²) in [4.78, 5) is 16.6. The monoisotopic (exact) mass is 312 g/mol. The third-order valence-electron chi connectivity index (χ3n) is 4.46. The predicted octanol–water partition coefficient (Wildman–Crippen LogP) is 2.49. The molecule has 5 heteroatoms. The zero-order valence-electron chi connectivity index (χ0n) is 13.8. The third-order valence-corrected chi connectivity index (χ3v) is 4.46. The fourth-order valence-corrected chi connectivity index (χ4v) is 2.93. The van der Waals surface area contributed by atoms with Crippen LogP contribution in [0.25, 0.3) is 0 Å². The number of carbonyl (C=O) groups excluding carboxylic acids is 1. The molecule has 122 valence electrons. The van der Waals surface area contributed by atoms with Crippen LogP contribution in [0, 0.1) is 0 Å². The Morgan fingerprint density at radius 2 is 1.87 bits per heavy atom. The summed E-state index contributed by atoms with van der Waals surface area (Å²) in [5.41, 5.74) is 3.36. The van der Waals surface area contributed by atoms with Gasteiger partial charge in [-0.25, -0.2) is 0 Å². The Bertz CT molecular complexity index is 626. The van der Waals surface area contributed by atoms with Crippen molar-refractivity contribution in [2.75, 3.05) is 26.2 Å². The van der Waals surface area contributed by atoms with Crippen molar-refractivity contribution in [3.63, 3.8) is 0 Å². The summed E-state index contributed by atoms with van der Waals surface area (Å²) in [5, 5.41) is 6.54. The van der Waals surface area contributed by atoms with Crippen molar-refractivity contribution >= 4 is 5.91 Å². The van der Waals surface area contributed by atoms with Gasteiger partial charge in [-0.15, -0.1) is 0 Å². The van der Waals surface area contributed by atoms with Crippen molar-refractivity contribution < 1.29 is 4.79 Å². The van der Waals surface area contributed by atoms with Crippen LogP contribution in [0.15, 0.2) is 36.7 Å². The summed E-state index contributed by atoms with van der Waals surface area (Å²) in [5.74, 6) is 0.640. The molecule has 1 fully saturated rings. The Morgan fingerprint density at radius 3 is 2.43 bits per heavy atom. The number of aromatic nitrogens is 2. The Hall–Kier alpha value is -2.14. The normalized spacial score (nSPS) is 16.0. The van der Waals surface area contributed by atoms with E-state index in [2.05, 4.69) is 53.2 Å². The zero-order chi connectivity index (χ0) is 16.2. The maximum absolute atomic E-state index is 12.3. The van der Waals surface area contributed by atoms with E-state index >= 15 is 0 Å². The Kier molecular flexibility index (Phi) is 4.76. The molecule has 1 aliphatic rings. The fraction of sp³-hybridized carbons (Fsp3) is 0.444. The van der Waals surface area contributed by atoms with Gasteiger partial charge in [0.2, 0.25) is 0 Å². The largest absolute Gasteiger partial charge is 0.336 e. The molecule has 1 N–H and O–H groups in total. The van der Waals surface area contributed by atoms with Crippen LogP contribution >= 0.6 is 0 Å². The van der Waals surface area contributed by atoms with Crippen molar-refractivity contribution in [3.8, 4) is 0 Å². The summed E-state index contributed by atoms with van der Waals surface area (Å²) in [6.45, 7) is 8.75. The summed E-state index contributed by atoms with van der Waals surface area (Å²) in [6, 6.07) is 8.88. The van der Waals surface area contributed by atoms with Gasteiger partial charge in [-0.1, -0.05) is 38.1 Å². The number of H-pyrrole nitrogens is 1. The van der Waals surface area contributed by atoms with Crippen molar-refractivity contribution in [2.24, 2.45) is 0 Å². The van der Waals surface area contributed by atoms with Crippen LogP contribution in [0.4, 0.5) is 0 Å². The van der Waals surface area contributed by atoms with E-state index in [1.165, 1.54) is 11.1 Å². The van der Waals surface area contributed by atoms with Gasteiger partial charge in [-0.3, -0.25) is 14.8 Å². The number of hydrogen-bond acceptors (Lipinski definition) is 3. The van der Waals surface area contributed by atoms with Gasteiger partial charge in [0.25, 0.3) is 5.91 Å². The highest BCUT2D eigenvalue weighted by Gasteiger charge is 2.22. The van der Waals surface area contributed by atoms with Gasteiger partial charge in [-0.2, -0.15) is 5.10 Å². The highest BCUT2D eigenvalue weighted by atomic mass is 16.2. The van der Waals surface area contributed by atoms with Gasteiger partial charge in [-0.05, 0) is 17.0 Å².